The predicted molar refractivity (Wildman–Crippen MR) is 78.4 cm³/mol. The minimum Gasteiger partial charge on any atom is -0.467 e. The Kier molecular flexibility index (Phi) is 7.48. The summed E-state index contributed by atoms with van der Waals surface area (Å²) < 4.78 is 46.6. The third kappa shape index (κ3) is 7.15. The fourth-order valence-electron chi connectivity index (χ4n) is 1.72. The Labute approximate surface area is 130 Å². The first-order valence-corrected chi connectivity index (χ1v) is 7.43. The quantitative estimate of drug-likeness (QED) is 0.543. The minimum absolute atomic E-state index is 0.0278. The lowest BCUT2D eigenvalue weighted by molar-refractivity contribution is -0.186. The normalized spacial score (nSPS) is 13.2. The Balaban J connectivity index is 2.64. The second-order valence-electron chi connectivity index (χ2n) is 4.58. The summed E-state index contributed by atoms with van der Waals surface area (Å²) in [6.07, 6.45) is -3.36. The van der Waals surface area contributed by atoms with E-state index in [2.05, 4.69) is 32.9 Å². The van der Waals surface area contributed by atoms with Crippen LogP contribution in [-0.4, -0.2) is 26.1 Å². The van der Waals surface area contributed by atoms with E-state index in [4.69, 9.17) is 4.74 Å². The van der Waals surface area contributed by atoms with E-state index in [0.29, 0.717) is 5.75 Å². The number of ether oxygens (including phenoxy) is 2. The second kappa shape index (κ2) is 8.60. The van der Waals surface area contributed by atoms with Crippen molar-refractivity contribution in [3.05, 3.63) is 28.2 Å². The van der Waals surface area contributed by atoms with Crippen LogP contribution < -0.4 is 10.1 Å². The highest BCUT2D eigenvalue weighted by molar-refractivity contribution is 9.10. The minimum atomic E-state index is -4.35. The van der Waals surface area contributed by atoms with Gasteiger partial charge in [0.15, 0.2) is 6.79 Å². The molecule has 7 heteroatoms. The molecule has 3 nitrogen and oxygen atoms in total. The molecule has 1 unspecified atom stereocenters. The average molecular weight is 370 g/mol. The first kappa shape index (κ1) is 18.3. The summed E-state index contributed by atoms with van der Waals surface area (Å²) in [5.41, 5.74) is 0.869. The van der Waals surface area contributed by atoms with Crippen LogP contribution in [-0.2, 0) is 4.74 Å². The van der Waals surface area contributed by atoms with E-state index in [9.17, 15) is 13.2 Å². The van der Waals surface area contributed by atoms with Gasteiger partial charge in [0.2, 0.25) is 0 Å². The maximum Gasteiger partial charge on any atom is 0.411 e. The fourth-order valence-corrected chi connectivity index (χ4v) is 2.10. The summed E-state index contributed by atoms with van der Waals surface area (Å²) in [4.78, 5) is 0. The highest BCUT2D eigenvalue weighted by Gasteiger charge is 2.27. The maximum atomic E-state index is 12.0. The van der Waals surface area contributed by atoms with Gasteiger partial charge < -0.3 is 14.8 Å². The Morgan fingerprint density at radius 1 is 1.33 bits per heavy atom. The van der Waals surface area contributed by atoms with Gasteiger partial charge in [0, 0.05) is 16.1 Å². The lowest BCUT2D eigenvalue weighted by Gasteiger charge is -2.18. The van der Waals surface area contributed by atoms with E-state index < -0.39 is 19.6 Å². The molecule has 0 aliphatic carbocycles. The van der Waals surface area contributed by atoms with E-state index >= 15 is 0 Å². The summed E-state index contributed by atoms with van der Waals surface area (Å²) in [5.74, 6) is 0.511. The zero-order chi connectivity index (χ0) is 15.9. The van der Waals surface area contributed by atoms with E-state index in [-0.39, 0.29) is 6.04 Å². The van der Waals surface area contributed by atoms with Crippen molar-refractivity contribution in [3.63, 3.8) is 0 Å². The van der Waals surface area contributed by atoms with Gasteiger partial charge in [-0.25, -0.2) is 0 Å². The first-order valence-electron chi connectivity index (χ1n) is 6.63. The lowest BCUT2D eigenvalue weighted by atomic mass is 10.1. The number of halogens is 4. The van der Waals surface area contributed by atoms with Crippen molar-refractivity contribution >= 4 is 15.9 Å². The van der Waals surface area contributed by atoms with Crippen molar-refractivity contribution in [2.75, 3.05) is 19.9 Å². The average Bonchev–Trinajstić information content (AvgIpc) is 2.41. The zero-order valence-corrected chi connectivity index (χ0v) is 13.6. The van der Waals surface area contributed by atoms with Crippen molar-refractivity contribution in [2.45, 2.75) is 32.5 Å². The van der Waals surface area contributed by atoms with E-state index in [0.717, 1.165) is 23.0 Å². The van der Waals surface area contributed by atoms with Crippen LogP contribution in [0.2, 0.25) is 0 Å². The molecule has 0 bridgehead atoms. The number of benzene rings is 1. The van der Waals surface area contributed by atoms with E-state index in [1.54, 1.807) is 12.1 Å². The molecule has 1 atom stereocenters. The van der Waals surface area contributed by atoms with Gasteiger partial charge in [-0.2, -0.15) is 13.2 Å². The van der Waals surface area contributed by atoms with Crippen molar-refractivity contribution in [3.8, 4) is 5.75 Å². The number of rotatable bonds is 8. The van der Waals surface area contributed by atoms with Crippen molar-refractivity contribution in [1.29, 1.82) is 0 Å². The summed E-state index contributed by atoms with van der Waals surface area (Å²) in [6, 6.07) is 5.39. The van der Waals surface area contributed by atoms with E-state index in [1.165, 1.54) is 0 Å². The van der Waals surface area contributed by atoms with Crippen LogP contribution >= 0.6 is 15.9 Å². The molecule has 0 aromatic heterocycles. The molecule has 0 amide bonds. The number of alkyl halides is 3. The SMILES string of the molecule is CCCNC(C)c1cc(Br)ccc1OCOCC(F)(F)F. The molecule has 1 N–H and O–H groups in total. The lowest BCUT2D eigenvalue weighted by Crippen LogP contribution is -2.21. The van der Waals surface area contributed by atoms with Gasteiger partial charge >= 0.3 is 6.18 Å². The third-order valence-electron chi connectivity index (χ3n) is 2.70. The molecule has 0 aliphatic heterocycles. The topological polar surface area (TPSA) is 30.5 Å². The molecule has 0 radical (unpaired) electrons. The van der Waals surface area contributed by atoms with Gasteiger partial charge in [0.25, 0.3) is 0 Å². The van der Waals surface area contributed by atoms with Crippen LogP contribution in [0.5, 0.6) is 5.75 Å². The molecule has 120 valence electrons. The number of hydrogen-bond donors (Lipinski definition) is 1. The first-order chi connectivity index (χ1) is 9.83. The van der Waals surface area contributed by atoms with Crippen molar-refractivity contribution in [2.24, 2.45) is 0 Å². The summed E-state index contributed by atoms with van der Waals surface area (Å²) in [7, 11) is 0. The molecule has 0 aliphatic rings. The Bertz CT molecular complexity index is 441. The predicted octanol–water partition coefficient (Wildman–Crippen LogP) is 4.42. The van der Waals surface area contributed by atoms with Crippen LogP contribution in [0.4, 0.5) is 13.2 Å². The van der Waals surface area contributed by atoms with E-state index in [1.807, 2.05) is 13.0 Å². The van der Waals surface area contributed by atoms with Gasteiger partial charge in [-0.05, 0) is 38.1 Å². The molecule has 0 saturated heterocycles. The van der Waals surface area contributed by atoms with Crippen molar-refractivity contribution in [1.82, 2.24) is 5.32 Å². The monoisotopic (exact) mass is 369 g/mol. The standard InChI is InChI=1S/C14H19BrF3NO2/c1-3-6-19-10(2)12-7-11(15)4-5-13(12)21-9-20-8-14(16,17)18/h4-5,7,10,19H,3,6,8-9H2,1-2H3. The summed E-state index contributed by atoms with van der Waals surface area (Å²) >= 11 is 3.38. The van der Waals surface area contributed by atoms with Crippen LogP contribution in [0.3, 0.4) is 0 Å². The van der Waals surface area contributed by atoms with Crippen LogP contribution in [0, 0.1) is 0 Å². The number of nitrogens with one attached hydrogen (secondary N) is 1. The highest BCUT2D eigenvalue weighted by Crippen LogP contribution is 2.28. The fraction of sp³-hybridized carbons (Fsp3) is 0.571. The van der Waals surface area contributed by atoms with Crippen LogP contribution in [0.1, 0.15) is 31.9 Å². The molecule has 0 heterocycles. The molecule has 21 heavy (non-hydrogen) atoms. The smallest absolute Gasteiger partial charge is 0.411 e. The summed E-state index contributed by atoms with van der Waals surface area (Å²) in [5, 5.41) is 3.31. The Morgan fingerprint density at radius 2 is 2.05 bits per heavy atom. The highest BCUT2D eigenvalue weighted by atomic mass is 79.9. The molecule has 1 rings (SSSR count). The van der Waals surface area contributed by atoms with Gasteiger partial charge in [0.1, 0.15) is 12.4 Å². The van der Waals surface area contributed by atoms with Gasteiger partial charge in [-0.1, -0.05) is 22.9 Å². The molecule has 0 spiro atoms. The van der Waals surface area contributed by atoms with Gasteiger partial charge in [-0.15, -0.1) is 0 Å². The molecular weight excluding hydrogens is 351 g/mol. The molecule has 1 aromatic rings. The molecule has 0 saturated carbocycles. The van der Waals surface area contributed by atoms with Gasteiger partial charge in [-0.3, -0.25) is 0 Å². The zero-order valence-electron chi connectivity index (χ0n) is 12.0. The van der Waals surface area contributed by atoms with Crippen LogP contribution in [0.25, 0.3) is 0 Å². The van der Waals surface area contributed by atoms with Crippen LogP contribution in [0.15, 0.2) is 22.7 Å². The van der Waals surface area contributed by atoms with Gasteiger partial charge in [0.05, 0.1) is 0 Å². The Morgan fingerprint density at radius 3 is 2.67 bits per heavy atom. The molecule has 1 aromatic carbocycles. The maximum absolute atomic E-state index is 12.0. The number of hydrogen-bond acceptors (Lipinski definition) is 3. The second-order valence-corrected chi connectivity index (χ2v) is 5.50. The molecule has 0 fully saturated rings. The van der Waals surface area contributed by atoms with Crippen molar-refractivity contribution < 1.29 is 22.6 Å². The Hall–Kier alpha value is -0.790. The summed E-state index contributed by atoms with van der Waals surface area (Å²) in [6.45, 7) is 3.12. The molecular formula is C14H19BrF3NO2. The largest absolute Gasteiger partial charge is 0.467 e. The third-order valence-corrected chi connectivity index (χ3v) is 3.20.